The van der Waals surface area contributed by atoms with Crippen LogP contribution < -0.4 is 10.6 Å². The highest BCUT2D eigenvalue weighted by Crippen LogP contribution is 2.44. The lowest BCUT2D eigenvalue weighted by molar-refractivity contribution is 0.0778. The Morgan fingerprint density at radius 2 is 2.12 bits per heavy atom. The molecule has 3 rings (SSSR count). The van der Waals surface area contributed by atoms with Crippen LogP contribution in [-0.2, 0) is 4.74 Å². The van der Waals surface area contributed by atoms with E-state index in [1.165, 1.54) is 36.8 Å². The second kappa shape index (κ2) is 8.22. The summed E-state index contributed by atoms with van der Waals surface area (Å²) in [6, 6.07) is 9.25. The second-order valence-corrected chi connectivity index (χ2v) is 7.74. The van der Waals surface area contributed by atoms with Gasteiger partial charge in [-0.05, 0) is 56.1 Å². The maximum absolute atomic E-state index is 5.30. The molecule has 2 saturated carbocycles. The summed E-state index contributed by atoms with van der Waals surface area (Å²) < 4.78 is 5.30. The molecule has 2 fully saturated rings. The fourth-order valence-corrected chi connectivity index (χ4v) is 3.93. The number of aliphatic imine (C=N–C) groups is 1. The smallest absolute Gasteiger partial charge is 0.191 e. The van der Waals surface area contributed by atoms with Crippen LogP contribution in [0.2, 0.25) is 0 Å². The minimum absolute atomic E-state index is 0.372. The number of benzene rings is 1. The zero-order chi connectivity index (χ0) is 17.7. The van der Waals surface area contributed by atoms with Crippen LogP contribution in [0.4, 0.5) is 0 Å². The fourth-order valence-electron chi connectivity index (χ4n) is 3.93. The molecule has 4 heteroatoms. The van der Waals surface area contributed by atoms with Gasteiger partial charge in [0.25, 0.3) is 0 Å². The van der Waals surface area contributed by atoms with Gasteiger partial charge >= 0.3 is 0 Å². The number of nitrogens with zero attached hydrogens (tertiary/aromatic N) is 1. The van der Waals surface area contributed by atoms with E-state index in [4.69, 9.17) is 9.73 Å². The normalized spacial score (nSPS) is 24.5. The van der Waals surface area contributed by atoms with Gasteiger partial charge in [0.15, 0.2) is 5.96 Å². The zero-order valence-corrected chi connectivity index (χ0v) is 16.0. The van der Waals surface area contributed by atoms with Crippen molar-refractivity contribution in [2.24, 2.45) is 10.4 Å². The summed E-state index contributed by atoms with van der Waals surface area (Å²) in [5, 5.41) is 7.08. The Hall–Kier alpha value is -1.55. The third-order valence-corrected chi connectivity index (χ3v) is 5.87. The summed E-state index contributed by atoms with van der Waals surface area (Å²) in [5.74, 6) is 1.60. The summed E-state index contributed by atoms with van der Waals surface area (Å²) in [5.41, 5.74) is 3.25. The Labute approximate surface area is 152 Å². The Morgan fingerprint density at radius 3 is 2.76 bits per heavy atom. The number of aryl methyl sites for hydroxylation is 1. The number of rotatable bonds is 8. The van der Waals surface area contributed by atoms with Crippen LogP contribution in [-0.4, -0.2) is 38.8 Å². The zero-order valence-electron chi connectivity index (χ0n) is 16.0. The van der Waals surface area contributed by atoms with E-state index in [1.807, 2.05) is 0 Å². The standard InChI is InChI=1S/C21H33N3O/c1-4-22-20(23-15-21(10-7-11-21)12-13-25-3)24-19-14-18(19)17-9-6-5-8-16(17)2/h5-6,8-9,18-19H,4,7,10-15H2,1-3H3,(H2,22,23,24). The highest BCUT2D eigenvalue weighted by atomic mass is 16.5. The SMILES string of the molecule is CCNC(=NCC1(CCOC)CCC1)NC1CC1c1ccccc1C. The van der Waals surface area contributed by atoms with Crippen molar-refractivity contribution in [3.63, 3.8) is 0 Å². The molecule has 138 valence electrons. The summed E-state index contributed by atoms with van der Waals surface area (Å²) in [6.45, 7) is 7.00. The van der Waals surface area contributed by atoms with Crippen molar-refractivity contribution in [3.8, 4) is 0 Å². The van der Waals surface area contributed by atoms with Gasteiger partial charge in [-0.3, -0.25) is 4.99 Å². The molecule has 1 aromatic carbocycles. The highest BCUT2D eigenvalue weighted by Gasteiger charge is 2.40. The van der Waals surface area contributed by atoms with Gasteiger partial charge < -0.3 is 15.4 Å². The lowest BCUT2D eigenvalue weighted by atomic mass is 9.67. The summed E-state index contributed by atoms with van der Waals surface area (Å²) in [7, 11) is 1.79. The van der Waals surface area contributed by atoms with E-state index in [2.05, 4.69) is 48.7 Å². The third kappa shape index (κ3) is 4.55. The van der Waals surface area contributed by atoms with Crippen LogP contribution in [0.1, 0.15) is 56.1 Å². The molecule has 25 heavy (non-hydrogen) atoms. The first-order valence-electron chi connectivity index (χ1n) is 9.77. The van der Waals surface area contributed by atoms with Crippen molar-refractivity contribution in [1.29, 1.82) is 0 Å². The molecule has 2 unspecified atom stereocenters. The number of hydrogen-bond donors (Lipinski definition) is 2. The summed E-state index contributed by atoms with van der Waals surface area (Å²) >= 11 is 0. The van der Waals surface area contributed by atoms with Gasteiger partial charge in [-0.1, -0.05) is 30.7 Å². The van der Waals surface area contributed by atoms with Crippen molar-refractivity contribution >= 4 is 5.96 Å². The first-order chi connectivity index (χ1) is 12.2. The number of methoxy groups -OCH3 is 1. The van der Waals surface area contributed by atoms with Crippen LogP contribution in [0.15, 0.2) is 29.3 Å². The van der Waals surface area contributed by atoms with E-state index in [9.17, 15) is 0 Å². The fraction of sp³-hybridized carbons (Fsp3) is 0.667. The van der Waals surface area contributed by atoms with E-state index < -0.39 is 0 Å². The molecule has 2 aliphatic rings. The topological polar surface area (TPSA) is 45.7 Å². The lowest BCUT2D eigenvalue weighted by Crippen LogP contribution is -2.41. The molecule has 2 N–H and O–H groups in total. The maximum Gasteiger partial charge on any atom is 0.191 e. The van der Waals surface area contributed by atoms with Crippen molar-refractivity contribution in [2.75, 3.05) is 26.8 Å². The first kappa shape index (κ1) is 18.2. The summed E-state index contributed by atoms with van der Waals surface area (Å²) in [4.78, 5) is 4.93. The molecule has 0 bridgehead atoms. The van der Waals surface area contributed by atoms with Crippen molar-refractivity contribution in [1.82, 2.24) is 10.6 Å². The minimum Gasteiger partial charge on any atom is -0.385 e. The molecular weight excluding hydrogens is 310 g/mol. The Morgan fingerprint density at radius 1 is 1.32 bits per heavy atom. The average Bonchev–Trinajstić information content (AvgIpc) is 3.33. The van der Waals surface area contributed by atoms with Gasteiger partial charge in [0, 0.05) is 38.8 Å². The van der Waals surface area contributed by atoms with Crippen molar-refractivity contribution in [3.05, 3.63) is 35.4 Å². The molecule has 0 amide bonds. The van der Waals surface area contributed by atoms with E-state index >= 15 is 0 Å². The first-order valence-corrected chi connectivity index (χ1v) is 9.77. The molecule has 0 aliphatic heterocycles. The lowest BCUT2D eigenvalue weighted by Gasteiger charge is -2.40. The van der Waals surface area contributed by atoms with E-state index in [-0.39, 0.29) is 0 Å². The quantitative estimate of drug-likeness (QED) is 0.560. The number of ether oxygens (including phenoxy) is 1. The van der Waals surface area contributed by atoms with Gasteiger partial charge in [-0.25, -0.2) is 0 Å². The van der Waals surface area contributed by atoms with Crippen LogP contribution in [0.25, 0.3) is 0 Å². The van der Waals surface area contributed by atoms with Crippen molar-refractivity contribution < 1.29 is 4.74 Å². The molecule has 2 atom stereocenters. The highest BCUT2D eigenvalue weighted by molar-refractivity contribution is 5.80. The molecule has 0 radical (unpaired) electrons. The third-order valence-electron chi connectivity index (χ3n) is 5.87. The largest absolute Gasteiger partial charge is 0.385 e. The predicted molar refractivity (Wildman–Crippen MR) is 104 cm³/mol. The molecule has 0 heterocycles. The number of hydrogen-bond acceptors (Lipinski definition) is 2. The van der Waals surface area contributed by atoms with Crippen LogP contribution >= 0.6 is 0 Å². The average molecular weight is 344 g/mol. The van der Waals surface area contributed by atoms with E-state index in [0.29, 0.717) is 17.4 Å². The minimum atomic E-state index is 0.372. The van der Waals surface area contributed by atoms with Gasteiger partial charge in [0.05, 0.1) is 0 Å². The Bertz CT molecular complexity index is 595. The molecule has 0 aromatic heterocycles. The second-order valence-electron chi connectivity index (χ2n) is 7.74. The van der Waals surface area contributed by atoms with Gasteiger partial charge in [0.2, 0.25) is 0 Å². The molecule has 1 aromatic rings. The predicted octanol–water partition coefficient (Wildman–Crippen LogP) is 3.61. The Kier molecular flexibility index (Phi) is 6.00. The molecule has 0 saturated heterocycles. The van der Waals surface area contributed by atoms with Crippen molar-refractivity contribution in [2.45, 2.75) is 57.9 Å². The van der Waals surface area contributed by atoms with Crippen LogP contribution in [0.3, 0.4) is 0 Å². The molecular formula is C21H33N3O. The monoisotopic (exact) mass is 343 g/mol. The molecule has 2 aliphatic carbocycles. The molecule has 0 spiro atoms. The number of guanidine groups is 1. The summed E-state index contributed by atoms with van der Waals surface area (Å²) in [6.07, 6.45) is 6.23. The van der Waals surface area contributed by atoms with Crippen LogP contribution in [0, 0.1) is 12.3 Å². The molecule has 4 nitrogen and oxygen atoms in total. The Balaban J connectivity index is 1.57. The number of nitrogens with one attached hydrogen (secondary N) is 2. The van der Waals surface area contributed by atoms with Gasteiger partial charge in [-0.15, -0.1) is 0 Å². The van der Waals surface area contributed by atoms with Gasteiger partial charge in [-0.2, -0.15) is 0 Å². The van der Waals surface area contributed by atoms with Crippen LogP contribution in [0.5, 0.6) is 0 Å². The maximum atomic E-state index is 5.30. The van der Waals surface area contributed by atoms with E-state index in [0.717, 1.165) is 32.1 Å². The van der Waals surface area contributed by atoms with E-state index in [1.54, 1.807) is 7.11 Å². The van der Waals surface area contributed by atoms with Gasteiger partial charge in [0.1, 0.15) is 0 Å².